The summed E-state index contributed by atoms with van der Waals surface area (Å²) in [4.78, 5) is 0. The van der Waals surface area contributed by atoms with Crippen LogP contribution in [0.15, 0.2) is 12.2 Å². The molecule has 0 nitrogen and oxygen atoms in total. The molecule has 0 heteroatoms. The Labute approximate surface area is 50.6 Å². The van der Waals surface area contributed by atoms with Gasteiger partial charge in [-0.3, -0.25) is 0 Å². The first kappa shape index (κ1) is 4.60. The second-order valence-corrected chi connectivity index (χ2v) is 3.01. The largest absolute Gasteiger partial charge is 0.0882 e. The highest BCUT2D eigenvalue weighted by molar-refractivity contribution is 5.01. The van der Waals surface area contributed by atoms with Crippen molar-refractivity contribution in [3.8, 4) is 0 Å². The van der Waals surface area contributed by atoms with Crippen molar-refractivity contribution in [2.75, 3.05) is 0 Å². The molecule has 2 aliphatic rings. The van der Waals surface area contributed by atoms with Gasteiger partial charge in [-0.25, -0.2) is 0 Å². The average Bonchev–Trinajstić information content (AvgIpc) is 2.49. The highest BCUT2D eigenvalue weighted by Crippen LogP contribution is 2.41. The van der Waals surface area contributed by atoms with Crippen LogP contribution in [0.3, 0.4) is 0 Å². The van der Waals surface area contributed by atoms with E-state index >= 15 is 0 Å². The molecule has 8 heavy (non-hydrogen) atoms. The summed E-state index contributed by atoms with van der Waals surface area (Å²) in [5, 5.41) is 0. The SMILES string of the molecule is C1=CC(C2CC2)CC1. The predicted octanol–water partition coefficient (Wildman–Crippen LogP) is 2.36. The van der Waals surface area contributed by atoms with E-state index in [9.17, 15) is 0 Å². The van der Waals surface area contributed by atoms with Crippen molar-refractivity contribution in [1.29, 1.82) is 0 Å². The minimum absolute atomic E-state index is 0.995. The fourth-order valence-corrected chi connectivity index (χ4v) is 1.57. The van der Waals surface area contributed by atoms with Crippen molar-refractivity contribution >= 4 is 0 Å². The van der Waals surface area contributed by atoms with Gasteiger partial charge >= 0.3 is 0 Å². The molecule has 0 radical (unpaired) electrons. The molecule has 0 heterocycles. The van der Waals surface area contributed by atoms with E-state index in [1.807, 2.05) is 0 Å². The molecule has 1 saturated carbocycles. The number of hydrogen-bond acceptors (Lipinski definition) is 0. The Balaban J connectivity index is 1.95. The number of rotatable bonds is 1. The molecule has 1 atom stereocenters. The van der Waals surface area contributed by atoms with Crippen LogP contribution in [0, 0.1) is 11.8 Å². The van der Waals surface area contributed by atoms with Gasteiger partial charge in [-0.2, -0.15) is 0 Å². The van der Waals surface area contributed by atoms with E-state index in [0.717, 1.165) is 11.8 Å². The third kappa shape index (κ3) is 0.683. The van der Waals surface area contributed by atoms with Crippen LogP contribution in [0.4, 0.5) is 0 Å². The highest BCUT2D eigenvalue weighted by atomic mass is 14.3. The van der Waals surface area contributed by atoms with Gasteiger partial charge in [-0.05, 0) is 37.5 Å². The zero-order valence-corrected chi connectivity index (χ0v) is 5.14. The third-order valence-electron chi connectivity index (χ3n) is 2.28. The monoisotopic (exact) mass is 108 g/mol. The summed E-state index contributed by atoms with van der Waals surface area (Å²) >= 11 is 0. The van der Waals surface area contributed by atoms with Crippen molar-refractivity contribution in [1.82, 2.24) is 0 Å². The standard InChI is InChI=1S/C8H12/c1-2-4-7(3-1)8-5-6-8/h1,3,7-8H,2,4-6H2. The Bertz CT molecular complexity index is 109. The molecule has 0 aliphatic heterocycles. The van der Waals surface area contributed by atoms with E-state index in [4.69, 9.17) is 0 Å². The number of allylic oxidation sites excluding steroid dienone is 2. The lowest BCUT2D eigenvalue weighted by Crippen LogP contribution is -1.91. The minimum Gasteiger partial charge on any atom is -0.0882 e. The van der Waals surface area contributed by atoms with Gasteiger partial charge in [0, 0.05) is 0 Å². The van der Waals surface area contributed by atoms with Gasteiger partial charge in [-0.1, -0.05) is 12.2 Å². The highest BCUT2D eigenvalue weighted by Gasteiger charge is 2.29. The topological polar surface area (TPSA) is 0 Å². The Kier molecular flexibility index (Phi) is 0.927. The molecule has 2 aliphatic carbocycles. The molecule has 0 aromatic heterocycles. The van der Waals surface area contributed by atoms with Gasteiger partial charge in [0.25, 0.3) is 0 Å². The van der Waals surface area contributed by atoms with Crippen LogP contribution in [0.2, 0.25) is 0 Å². The van der Waals surface area contributed by atoms with Gasteiger partial charge in [-0.15, -0.1) is 0 Å². The van der Waals surface area contributed by atoms with Crippen LogP contribution < -0.4 is 0 Å². The summed E-state index contributed by atoms with van der Waals surface area (Å²) in [5.74, 6) is 2.10. The molecule has 2 rings (SSSR count). The lowest BCUT2D eigenvalue weighted by molar-refractivity contribution is 0.557. The average molecular weight is 108 g/mol. The van der Waals surface area contributed by atoms with Crippen molar-refractivity contribution in [2.24, 2.45) is 11.8 Å². The van der Waals surface area contributed by atoms with Crippen LogP contribution in [-0.4, -0.2) is 0 Å². The second kappa shape index (κ2) is 1.61. The lowest BCUT2D eigenvalue weighted by Gasteiger charge is -2.00. The number of hydrogen-bond donors (Lipinski definition) is 0. The lowest BCUT2D eigenvalue weighted by atomic mass is 10.0. The molecule has 1 fully saturated rings. The summed E-state index contributed by atoms with van der Waals surface area (Å²) in [6.07, 6.45) is 10.6. The molecule has 0 aromatic rings. The fraction of sp³-hybridized carbons (Fsp3) is 0.750. The Hall–Kier alpha value is -0.260. The molecule has 0 N–H and O–H groups in total. The minimum atomic E-state index is 0.995. The van der Waals surface area contributed by atoms with Crippen molar-refractivity contribution in [2.45, 2.75) is 25.7 Å². The summed E-state index contributed by atoms with van der Waals surface area (Å²) < 4.78 is 0. The van der Waals surface area contributed by atoms with Crippen molar-refractivity contribution in [3.63, 3.8) is 0 Å². The van der Waals surface area contributed by atoms with E-state index in [2.05, 4.69) is 12.2 Å². The Morgan fingerprint density at radius 1 is 1.12 bits per heavy atom. The van der Waals surface area contributed by atoms with E-state index in [1.165, 1.54) is 25.7 Å². The summed E-state index contributed by atoms with van der Waals surface area (Å²) in [5.41, 5.74) is 0. The van der Waals surface area contributed by atoms with E-state index < -0.39 is 0 Å². The molecular formula is C8H12. The Morgan fingerprint density at radius 2 is 2.00 bits per heavy atom. The third-order valence-corrected chi connectivity index (χ3v) is 2.28. The van der Waals surface area contributed by atoms with E-state index in [-0.39, 0.29) is 0 Å². The Morgan fingerprint density at radius 3 is 2.50 bits per heavy atom. The van der Waals surface area contributed by atoms with Crippen molar-refractivity contribution < 1.29 is 0 Å². The fourth-order valence-electron chi connectivity index (χ4n) is 1.57. The van der Waals surface area contributed by atoms with Gasteiger partial charge in [0.15, 0.2) is 0 Å². The molecule has 0 bridgehead atoms. The quantitative estimate of drug-likeness (QED) is 0.452. The van der Waals surface area contributed by atoms with Crippen molar-refractivity contribution in [3.05, 3.63) is 12.2 Å². The maximum Gasteiger partial charge on any atom is -0.0202 e. The van der Waals surface area contributed by atoms with E-state index in [0.29, 0.717) is 0 Å². The zero-order valence-electron chi connectivity index (χ0n) is 5.14. The first-order chi connectivity index (χ1) is 3.97. The summed E-state index contributed by atoms with van der Waals surface area (Å²) in [6, 6.07) is 0. The maximum atomic E-state index is 2.41. The van der Waals surface area contributed by atoms with Crippen LogP contribution in [0.5, 0.6) is 0 Å². The van der Waals surface area contributed by atoms with Crippen LogP contribution in [0.1, 0.15) is 25.7 Å². The van der Waals surface area contributed by atoms with Gasteiger partial charge in [0.2, 0.25) is 0 Å². The maximum absolute atomic E-state index is 2.41. The van der Waals surface area contributed by atoms with Gasteiger partial charge in [0.05, 0.1) is 0 Å². The molecular weight excluding hydrogens is 96.1 g/mol. The first-order valence-electron chi connectivity index (χ1n) is 3.63. The molecule has 1 unspecified atom stereocenters. The zero-order chi connectivity index (χ0) is 5.40. The second-order valence-electron chi connectivity index (χ2n) is 3.01. The molecule has 0 saturated heterocycles. The molecule has 0 amide bonds. The van der Waals surface area contributed by atoms with Crippen LogP contribution in [0.25, 0.3) is 0 Å². The molecule has 0 spiro atoms. The van der Waals surface area contributed by atoms with E-state index in [1.54, 1.807) is 0 Å². The van der Waals surface area contributed by atoms with Gasteiger partial charge in [0.1, 0.15) is 0 Å². The molecule has 0 aromatic carbocycles. The van der Waals surface area contributed by atoms with Crippen LogP contribution in [-0.2, 0) is 0 Å². The first-order valence-corrected chi connectivity index (χ1v) is 3.63. The normalized spacial score (nSPS) is 36.2. The molecule has 44 valence electrons. The summed E-state index contributed by atoms with van der Waals surface area (Å²) in [7, 11) is 0. The smallest absolute Gasteiger partial charge is 0.0202 e. The van der Waals surface area contributed by atoms with Gasteiger partial charge < -0.3 is 0 Å². The van der Waals surface area contributed by atoms with Crippen LogP contribution >= 0.6 is 0 Å². The summed E-state index contributed by atoms with van der Waals surface area (Å²) in [6.45, 7) is 0. The predicted molar refractivity (Wildman–Crippen MR) is 34.6 cm³/mol.